The number of ether oxygens (including phenoxy) is 1. The Hall–Kier alpha value is -7.02. The first kappa shape index (κ1) is 43.6. The van der Waals surface area contributed by atoms with Crippen molar-refractivity contribution < 1.29 is 34.1 Å². The van der Waals surface area contributed by atoms with Crippen LogP contribution in [0.4, 0.5) is 23.5 Å². The highest BCUT2D eigenvalue weighted by Gasteiger charge is 2.26. The number of aromatic nitrogens is 8. The predicted molar refractivity (Wildman–Crippen MR) is 238 cm³/mol. The second-order valence-electron chi connectivity index (χ2n) is 16.3. The zero-order chi connectivity index (χ0) is 44.4. The van der Waals surface area contributed by atoms with Gasteiger partial charge < -0.3 is 34.3 Å². The molecule has 2 aliphatic carbocycles. The molecule has 2 amide bonds. The van der Waals surface area contributed by atoms with E-state index < -0.39 is 11.9 Å². The molecule has 2 saturated carbocycles. The number of amides is 2. The molecule has 5 N–H and O–H groups in total. The summed E-state index contributed by atoms with van der Waals surface area (Å²) < 4.78 is 8.28. The number of fused-ring (bicyclic) bond motifs is 2. The average Bonchev–Trinajstić information content (AvgIpc) is 3.92. The SMILES string of the molecule is O=C(O)Cn1cnc2c(N3CCOCC3)nc(NC(=O)C3CCCCC3)nc21.O=C(O)Cn1cnc2c(NCc3ccccc3)nc(NC(=O)c3ccc(C4CCCCC4)cc3)nc21. The second kappa shape index (κ2) is 20.4. The van der Waals surface area contributed by atoms with Gasteiger partial charge in [-0.15, -0.1) is 0 Å². The number of carboxylic acid groups (broad SMARTS) is 2. The molecular weight excluding hydrogens is 821 g/mol. The number of nitrogens with one attached hydrogen (secondary N) is 3. The van der Waals surface area contributed by atoms with E-state index in [0.29, 0.717) is 78.3 Å². The molecule has 6 aromatic rings. The van der Waals surface area contributed by atoms with Crippen LogP contribution in [0.25, 0.3) is 22.3 Å². The second-order valence-corrected chi connectivity index (χ2v) is 16.3. The van der Waals surface area contributed by atoms with Gasteiger partial charge in [-0.25, -0.2) is 9.97 Å². The first-order valence-electron chi connectivity index (χ1n) is 21.9. The number of carbonyl (C=O) groups is 4. The third-order valence-corrected chi connectivity index (χ3v) is 11.8. The van der Waals surface area contributed by atoms with Gasteiger partial charge in [0.05, 0.1) is 25.9 Å². The van der Waals surface area contributed by atoms with Gasteiger partial charge in [-0.2, -0.15) is 19.9 Å². The zero-order valence-corrected chi connectivity index (χ0v) is 35.5. The largest absolute Gasteiger partial charge is 0.480 e. The molecule has 0 atom stereocenters. The summed E-state index contributed by atoms with van der Waals surface area (Å²) in [5.74, 6) is -0.595. The van der Waals surface area contributed by atoms with E-state index in [0.717, 1.165) is 31.2 Å². The summed E-state index contributed by atoms with van der Waals surface area (Å²) in [6.45, 7) is 2.36. The van der Waals surface area contributed by atoms with Gasteiger partial charge in [0, 0.05) is 31.1 Å². The quantitative estimate of drug-likeness (QED) is 0.0882. The molecule has 64 heavy (non-hydrogen) atoms. The van der Waals surface area contributed by atoms with E-state index in [1.807, 2.05) is 59.5 Å². The number of benzene rings is 2. The molecular formula is C45H52N12O7. The summed E-state index contributed by atoms with van der Waals surface area (Å²) in [6, 6.07) is 17.5. The third-order valence-electron chi connectivity index (χ3n) is 11.8. The third kappa shape index (κ3) is 10.8. The highest BCUT2D eigenvalue weighted by Crippen LogP contribution is 2.33. The van der Waals surface area contributed by atoms with Crippen LogP contribution in [0.2, 0.25) is 0 Å². The molecule has 0 spiro atoms. The van der Waals surface area contributed by atoms with E-state index >= 15 is 0 Å². The molecule has 19 nitrogen and oxygen atoms in total. The minimum absolute atomic E-state index is 0.0242. The minimum Gasteiger partial charge on any atom is -0.480 e. The minimum atomic E-state index is -1.02. The first-order chi connectivity index (χ1) is 31.2. The van der Waals surface area contributed by atoms with Gasteiger partial charge in [0.2, 0.25) is 17.8 Å². The van der Waals surface area contributed by atoms with E-state index in [4.69, 9.17) is 9.84 Å². The van der Waals surface area contributed by atoms with Crippen LogP contribution in [0.5, 0.6) is 0 Å². The number of morpholine rings is 1. The Balaban J connectivity index is 0.000000181. The summed E-state index contributed by atoms with van der Waals surface area (Å²) in [5, 5.41) is 27.3. The van der Waals surface area contributed by atoms with E-state index in [-0.39, 0.29) is 42.7 Å². The maximum atomic E-state index is 13.0. The van der Waals surface area contributed by atoms with Crippen molar-refractivity contribution in [2.45, 2.75) is 89.8 Å². The predicted octanol–water partition coefficient (Wildman–Crippen LogP) is 6.09. The molecule has 4 aromatic heterocycles. The highest BCUT2D eigenvalue weighted by molar-refractivity contribution is 6.04. The highest BCUT2D eigenvalue weighted by atomic mass is 16.5. The molecule has 0 radical (unpaired) electrons. The summed E-state index contributed by atoms with van der Waals surface area (Å²) in [5.41, 5.74) is 4.51. The van der Waals surface area contributed by atoms with Gasteiger partial charge in [-0.05, 0) is 54.9 Å². The molecule has 2 aromatic carbocycles. The molecule has 0 bridgehead atoms. The number of carbonyl (C=O) groups excluding carboxylic acids is 2. The van der Waals surface area contributed by atoms with Crippen molar-refractivity contribution in [3.8, 4) is 0 Å². The number of aliphatic carboxylic acids is 2. The van der Waals surface area contributed by atoms with Crippen LogP contribution < -0.4 is 20.9 Å². The number of nitrogens with zero attached hydrogens (tertiary/aromatic N) is 9. The van der Waals surface area contributed by atoms with Gasteiger partial charge in [-0.3, -0.25) is 29.8 Å². The van der Waals surface area contributed by atoms with E-state index in [2.05, 4.69) is 45.9 Å². The number of hydrogen-bond donors (Lipinski definition) is 5. The van der Waals surface area contributed by atoms with Gasteiger partial charge in [-0.1, -0.05) is 81.0 Å². The summed E-state index contributed by atoms with van der Waals surface area (Å²) in [6.07, 6.45) is 14.1. The number of carboxylic acids is 2. The molecule has 3 aliphatic rings. The van der Waals surface area contributed by atoms with Crippen LogP contribution in [0.1, 0.15) is 91.6 Å². The average molecular weight is 873 g/mol. The lowest BCUT2D eigenvalue weighted by Gasteiger charge is -2.28. The molecule has 1 aliphatic heterocycles. The molecule has 1 saturated heterocycles. The summed E-state index contributed by atoms with van der Waals surface area (Å²) in [4.78, 5) is 76.7. The van der Waals surface area contributed by atoms with Crippen molar-refractivity contribution in [3.63, 3.8) is 0 Å². The van der Waals surface area contributed by atoms with Crippen molar-refractivity contribution in [2.24, 2.45) is 5.92 Å². The van der Waals surface area contributed by atoms with Crippen molar-refractivity contribution in [3.05, 3.63) is 83.9 Å². The van der Waals surface area contributed by atoms with Crippen molar-refractivity contribution in [2.75, 3.05) is 47.2 Å². The number of anilines is 4. The Morgan fingerprint density at radius 1 is 0.672 bits per heavy atom. The van der Waals surface area contributed by atoms with E-state index in [9.17, 15) is 24.3 Å². The molecule has 19 heteroatoms. The van der Waals surface area contributed by atoms with Crippen molar-refractivity contribution in [1.82, 2.24) is 39.0 Å². The van der Waals surface area contributed by atoms with Crippen LogP contribution in [0.15, 0.2) is 67.3 Å². The zero-order valence-electron chi connectivity index (χ0n) is 35.5. The lowest BCUT2D eigenvalue weighted by Crippen LogP contribution is -2.37. The fraction of sp³-hybridized carbons (Fsp3) is 0.422. The number of rotatable bonds is 13. The van der Waals surface area contributed by atoms with Gasteiger partial charge in [0.25, 0.3) is 5.91 Å². The van der Waals surface area contributed by atoms with Crippen LogP contribution >= 0.6 is 0 Å². The maximum absolute atomic E-state index is 13.0. The smallest absolute Gasteiger partial charge is 0.323 e. The number of hydrogen-bond acceptors (Lipinski definition) is 13. The first-order valence-corrected chi connectivity index (χ1v) is 21.9. The maximum Gasteiger partial charge on any atom is 0.323 e. The van der Waals surface area contributed by atoms with Crippen LogP contribution in [0, 0.1) is 5.92 Å². The topological polar surface area (TPSA) is 245 Å². The van der Waals surface area contributed by atoms with Crippen LogP contribution in [-0.4, -0.2) is 99.3 Å². The summed E-state index contributed by atoms with van der Waals surface area (Å²) >= 11 is 0. The normalized spacial score (nSPS) is 15.9. The lowest BCUT2D eigenvalue weighted by molar-refractivity contribution is -0.138. The number of imidazole rings is 2. The fourth-order valence-corrected chi connectivity index (χ4v) is 8.50. The standard InChI is InChI=1S/C27H28N6O3.C18H24N6O4/c34-22(35)16-33-17-29-23-24(28-15-18-7-3-1-4-8-18)30-27(31-25(23)33)32-26(36)21-13-11-20(12-14-21)19-9-5-2-6-10-19;25-13(26)10-24-11-19-14-15(23-6-8-28-9-7-23)20-18(21-16(14)24)22-17(27)12-4-2-1-3-5-12/h1,3-4,7-8,11-14,17,19H,2,5-6,9-10,15-16H2,(H,34,35)(H2,28,30,31,32,36);11-12H,1-10H2,(H,25,26)(H,20,21,22,27). The monoisotopic (exact) mass is 872 g/mol. The van der Waals surface area contributed by atoms with Crippen molar-refractivity contribution >= 4 is 69.6 Å². The Morgan fingerprint density at radius 2 is 1.27 bits per heavy atom. The lowest BCUT2D eigenvalue weighted by atomic mass is 9.84. The fourth-order valence-electron chi connectivity index (χ4n) is 8.50. The van der Waals surface area contributed by atoms with E-state index in [1.54, 1.807) is 0 Å². The molecule has 0 unspecified atom stereocenters. The van der Waals surface area contributed by atoms with Crippen LogP contribution in [0.3, 0.4) is 0 Å². The van der Waals surface area contributed by atoms with Crippen molar-refractivity contribution in [1.29, 1.82) is 0 Å². The van der Waals surface area contributed by atoms with Gasteiger partial charge >= 0.3 is 11.9 Å². The van der Waals surface area contributed by atoms with Gasteiger partial charge in [0.1, 0.15) is 13.1 Å². The molecule has 3 fully saturated rings. The van der Waals surface area contributed by atoms with Gasteiger partial charge in [0.15, 0.2) is 34.0 Å². The molecule has 334 valence electrons. The summed E-state index contributed by atoms with van der Waals surface area (Å²) in [7, 11) is 0. The Kier molecular flexibility index (Phi) is 13.9. The Labute approximate surface area is 368 Å². The molecule has 9 rings (SSSR count). The Morgan fingerprint density at radius 3 is 1.91 bits per heavy atom. The van der Waals surface area contributed by atoms with Crippen LogP contribution in [-0.2, 0) is 38.8 Å². The molecule has 5 heterocycles. The Bertz CT molecular complexity index is 2580. The van der Waals surface area contributed by atoms with E-state index in [1.165, 1.54) is 65.9 Å².